The highest BCUT2D eigenvalue weighted by Crippen LogP contribution is 2.25. The van der Waals surface area contributed by atoms with Gasteiger partial charge in [0.05, 0.1) is 5.92 Å². The van der Waals surface area contributed by atoms with E-state index in [1.165, 1.54) is 0 Å². The van der Waals surface area contributed by atoms with Crippen LogP contribution in [-0.4, -0.2) is 29.2 Å². The Morgan fingerprint density at radius 2 is 2.24 bits per heavy atom. The van der Waals surface area contributed by atoms with E-state index in [-0.39, 0.29) is 24.0 Å². The number of carboxylic acid groups (broad SMARTS) is 1. The number of carboxylic acids is 1. The summed E-state index contributed by atoms with van der Waals surface area (Å²) >= 11 is 0. The maximum atomic E-state index is 11.5. The third-order valence-electron chi connectivity index (χ3n) is 2.92. The lowest BCUT2D eigenvalue weighted by molar-refractivity contribution is -0.141. The summed E-state index contributed by atoms with van der Waals surface area (Å²) in [6.45, 7) is 1.83. The minimum absolute atomic E-state index is 0.0471. The van der Waals surface area contributed by atoms with E-state index in [9.17, 15) is 9.59 Å². The van der Waals surface area contributed by atoms with Gasteiger partial charge in [-0.05, 0) is 26.2 Å². The first-order chi connectivity index (χ1) is 8.02. The third kappa shape index (κ3) is 4.35. The van der Waals surface area contributed by atoms with E-state index in [1.54, 1.807) is 0 Å². The van der Waals surface area contributed by atoms with Gasteiger partial charge in [-0.2, -0.15) is 0 Å². The van der Waals surface area contributed by atoms with Gasteiger partial charge in [0.1, 0.15) is 0 Å². The van der Waals surface area contributed by atoms with E-state index >= 15 is 0 Å². The van der Waals surface area contributed by atoms with E-state index in [2.05, 4.69) is 16.6 Å². The van der Waals surface area contributed by atoms with Gasteiger partial charge in [0, 0.05) is 18.5 Å². The molecule has 1 aliphatic rings. The van der Waals surface area contributed by atoms with Crippen LogP contribution in [0, 0.1) is 18.3 Å². The first-order valence-electron chi connectivity index (χ1n) is 5.76. The van der Waals surface area contributed by atoms with E-state index in [0.717, 1.165) is 0 Å². The molecule has 0 spiro atoms. The summed E-state index contributed by atoms with van der Waals surface area (Å²) in [6.07, 6.45) is 7.46. The van der Waals surface area contributed by atoms with Crippen molar-refractivity contribution in [1.29, 1.82) is 0 Å². The SMILES string of the molecule is C#CCC(C)NC(=O)NC1CCC(C(=O)O)C1. The highest BCUT2D eigenvalue weighted by atomic mass is 16.4. The molecule has 0 aromatic heterocycles. The molecule has 1 fully saturated rings. The normalized spacial score (nSPS) is 24.7. The summed E-state index contributed by atoms with van der Waals surface area (Å²) in [5.74, 6) is 1.36. The Kier molecular flexibility index (Phi) is 4.83. The standard InChI is InChI=1S/C12H18N2O3/c1-3-4-8(2)13-12(17)14-10-6-5-9(7-10)11(15)16/h1,8-10H,4-7H2,2H3,(H,15,16)(H2,13,14,17). The van der Waals surface area contributed by atoms with Crippen LogP contribution >= 0.6 is 0 Å². The Labute approximate surface area is 101 Å². The van der Waals surface area contributed by atoms with Crippen molar-refractivity contribution in [2.24, 2.45) is 5.92 Å². The van der Waals surface area contributed by atoms with E-state index in [4.69, 9.17) is 11.5 Å². The molecule has 1 rings (SSSR count). The summed E-state index contributed by atoms with van der Waals surface area (Å²) < 4.78 is 0. The molecule has 1 aliphatic carbocycles. The predicted molar refractivity (Wildman–Crippen MR) is 63.3 cm³/mol. The number of amides is 2. The van der Waals surface area contributed by atoms with Crippen molar-refractivity contribution in [2.75, 3.05) is 0 Å². The Hall–Kier alpha value is -1.70. The van der Waals surface area contributed by atoms with Gasteiger partial charge in [-0.25, -0.2) is 4.79 Å². The molecule has 2 amide bonds. The molecule has 0 bridgehead atoms. The summed E-state index contributed by atoms with van der Waals surface area (Å²) in [4.78, 5) is 22.3. The van der Waals surface area contributed by atoms with Gasteiger partial charge in [0.2, 0.25) is 0 Å². The molecular weight excluding hydrogens is 220 g/mol. The van der Waals surface area contributed by atoms with Crippen molar-refractivity contribution < 1.29 is 14.7 Å². The highest BCUT2D eigenvalue weighted by Gasteiger charge is 2.30. The summed E-state index contributed by atoms with van der Waals surface area (Å²) in [5.41, 5.74) is 0. The number of terminal acetylenes is 1. The Morgan fingerprint density at radius 1 is 1.53 bits per heavy atom. The minimum atomic E-state index is -0.782. The lowest BCUT2D eigenvalue weighted by Crippen LogP contribution is -2.44. The molecule has 3 N–H and O–H groups in total. The van der Waals surface area contributed by atoms with Crippen LogP contribution < -0.4 is 10.6 Å². The van der Waals surface area contributed by atoms with Crippen LogP contribution in [0.15, 0.2) is 0 Å². The predicted octanol–water partition coefficient (Wildman–Crippen LogP) is 0.951. The van der Waals surface area contributed by atoms with Crippen molar-refractivity contribution in [3.63, 3.8) is 0 Å². The lowest BCUT2D eigenvalue weighted by atomic mass is 10.1. The lowest BCUT2D eigenvalue weighted by Gasteiger charge is -2.16. The van der Waals surface area contributed by atoms with Crippen molar-refractivity contribution in [3.05, 3.63) is 0 Å². The fraction of sp³-hybridized carbons (Fsp3) is 0.667. The van der Waals surface area contributed by atoms with Gasteiger partial charge < -0.3 is 15.7 Å². The number of urea groups is 1. The molecule has 0 aliphatic heterocycles. The van der Waals surface area contributed by atoms with Gasteiger partial charge in [-0.1, -0.05) is 0 Å². The van der Waals surface area contributed by atoms with Crippen LogP contribution in [0.1, 0.15) is 32.6 Å². The Morgan fingerprint density at radius 3 is 2.76 bits per heavy atom. The Bertz CT molecular complexity index is 335. The minimum Gasteiger partial charge on any atom is -0.481 e. The fourth-order valence-corrected chi connectivity index (χ4v) is 2.02. The number of carbonyl (C=O) groups is 2. The van der Waals surface area contributed by atoms with Crippen LogP contribution in [0.25, 0.3) is 0 Å². The molecule has 3 atom stereocenters. The molecule has 0 heterocycles. The first kappa shape index (κ1) is 13.4. The van der Waals surface area contributed by atoms with Gasteiger partial charge >= 0.3 is 12.0 Å². The molecule has 0 aromatic rings. The summed E-state index contributed by atoms with van der Waals surface area (Å²) in [6, 6.07) is -0.394. The maximum absolute atomic E-state index is 11.5. The molecule has 0 aromatic carbocycles. The molecule has 3 unspecified atom stereocenters. The molecule has 1 saturated carbocycles. The maximum Gasteiger partial charge on any atom is 0.315 e. The van der Waals surface area contributed by atoms with Crippen molar-refractivity contribution in [3.8, 4) is 12.3 Å². The third-order valence-corrected chi connectivity index (χ3v) is 2.92. The van der Waals surface area contributed by atoms with Crippen LogP contribution in [0.2, 0.25) is 0 Å². The average molecular weight is 238 g/mol. The number of rotatable bonds is 4. The molecule has 0 saturated heterocycles. The molecule has 0 radical (unpaired) electrons. The number of aliphatic carboxylic acids is 1. The van der Waals surface area contributed by atoms with Crippen LogP contribution in [0.3, 0.4) is 0 Å². The number of carbonyl (C=O) groups excluding carboxylic acids is 1. The zero-order valence-corrected chi connectivity index (χ0v) is 9.90. The zero-order valence-electron chi connectivity index (χ0n) is 9.90. The smallest absolute Gasteiger partial charge is 0.315 e. The van der Waals surface area contributed by atoms with Gasteiger partial charge in [-0.15, -0.1) is 12.3 Å². The van der Waals surface area contributed by atoms with E-state index in [1.807, 2.05) is 6.92 Å². The van der Waals surface area contributed by atoms with Crippen molar-refractivity contribution in [2.45, 2.75) is 44.7 Å². The molecular formula is C12H18N2O3. The second kappa shape index (κ2) is 6.14. The van der Waals surface area contributed by atoms with Crippen LogP contribution in [-0.2, 0) is 4.79 Å². The molecule has 94 valence electrons. The molecule has 17 heavy (non-hydrogen) atoms. The first-order valence-corrected chi connectivity index (χ1v) is 5.76. The van der Waals surface area contributed by atoms with Gasteiger partial charge in [0.15, 0.2) is 0 Å². The number of nitrogens with one attached hydrogen (secondary N) is 2. The zero-order chi connectivity index (χ0) is 12.8. The Balaban J connectivity index is 2.29. The molecule has 5 heteroatoms. The highest BCUT2D eigenvalue weighted by molar-refractivity contribution is 5.75. The summed E-state index contributed by atoms with van der Waals surface area (Å²) in [5, 5.41) is 14.3. The van der Waals surface area contributed by atoms with Crippen molar-refractivity contribution in [1.82, 2.24) is 10.6 Å². The van der Waals surface area contributed by atoms with E-state index < -0.39 is 5.97 Å². The number of hydrogen-bond acceptors (Lipinski definition) is 2. The average Bonchev–Trinajstić information content (AvgIpc) is 2.66. The second-order valence-corrected chi connectivity index (χ2v) is 4.47. The van der Waals surface area contributed by atoms with Gasteiger partial charge in [-0.3, -0.25) is 4.79 Å². The topological polar surface area (TPSA) is 78.4 Å². The van der Waals surface area contributed by atoms with Crippen LogP contribution in [0.4, 0.5) is 4.79 Å². The largest absolute Gasteiger partial charge is 0.481 e. The fourth-order valence-electron chi connectivity index (χ4n) is 2.02. The van der Waals surface area contributed by atoms with Gasteiger partial charge in [0.25, 0.3) is 0 Å². The number of hydrogen-bond donors (Lipinski definition) is 3. The quantitative estimate of drug-likeness (QED) is 0.638. The van der Waals surface area contributed by atoms with E-state index in [0.29, 0.717) is 25.7 Å². The second-order valence-electron chi connectivity index (χ2n) is 4.47. The van der Waals surface area contributed by atoms with Crippen LogP contribution in [0.5, 0.6) is 0 Å². The summed E-state index contributed by atoms with van der Waals surface area (Å²) in [7, 11) is 0. The molecule has 5 nitrogen and oxygen atoms in total. The van der Waals surface area contributed by atoms with Crippen molar-refractivity contribution >= 4 is 12.0 Å². The monoisotopic (exact) mass is 238 g/mol.